The van der Waals surface area contributed by atoms with Gasteiger partial charge in [0.2, 0.25) is 0 Å². The molecule has 2 aliphatic rings. The lowest BCUT2D eigenvalue weighted by atomic mass is 9.84. The van der Waals surface area contributed by atoms with Crippen molar-refractivity contribution in [2.24, 2.45) is 5.92 Å². The third kappa shape index (κ3) is 4.62. The number of rotatable bonds is 7. The van der Waals surface area contributed by atoms with Gasteiger partial charge in [-0.15, -0.1) is 0 Å². The number of hydrogen-bond acceptors (Lipinski definition) is 2. The Kier molecular flexibility index (Phi) is 5.43. The smallest absolute Gasteiger partial charge is 0.122 e. The summed E-state index contributed by atoms with van der Waals surface area (Å²) >= 11 is 6.19. The van der Waals surface area contributed by atoms with Gasteiger partial charge in [-0.05, 0) is 67.8 Å². The van der Waals surface area contributed by atoms with Crippen molar-refractivity contribution < 1.29 is 4.74 Å². The van der Waals surface area contributed by atoms with Crippen molar-refractivity contribution >= 4 is 11.6 Å². The number of nitrogens with one attached hydrogen (secondary N) is 1. The lowest BCUT2D eigenvalue weighted by Crippen LogP contribution is -2.23. The molecule has 3 rings (SSSR count). The molecule has 0 spiro atoms. The Bertz CT molecular complexity index is 453. The molecule has 0 heterocycles. The van der Waals surface area contributed by atoms with Crippen molar-refractivity contribution in [2.45, 2.75) is 50.9 Å². The van der Waals surface area contributed by atoms with Crippen LogP contribution < -0.4 is 10.1 Å². The van der Waals surface area contributed by atoms with Gasteiger partial charge in [0.25, 0.3) is 0 Å². The SMILES string of the molecule is Clc1ccc(OCCNCC2CC2)c(C2CCCCC2)c1. The summed E-state index contributed by atoms with van der Waals surface area (Å²) in [7, 11) is 0. The summed E-state index contributed by atoms with van der Waals surface area (Å²) in [6.07, 6.45) is 9.39. The number of ether oxygens (including phenoxy) is 1. The van der Waals surface area contributed by atoms with Crippen LogP contribution in [-0.2, 0) is 0 Å². The van der Waals surface area contributed by atoms with E-state index in [9.17, 15) is 0 Å². The summed E-state index contributed by atoms with van der Waals surface area (Å²) in [6, 6.07) is 6.11. The lowest BCUT2D eigenvalue weighted by molar-refractivity contribution is 0.304. The molecule has 0 amide bonds. The highest BCUT2D eigenvalue weighted by molar-refractivity contribution is 6.30. The average molecular weight is 308 g/mol. The molecule has 2 nitrogen and oxygen atoms in total. The van der Waals surface area contributed by atoms with E-state index in [1.54, 1.807) is 0 Å². The molecule has 2 aliphatic carbocycles. The fraction of sp³-hybridized carbons (Fsp3) is 0.667. The van der Waals surface area contributed by atoms with E-state index < -0.39 is 0 Å². The summed E-state index contributed by atoms with van der Waals surface area (Å²) in [5, 5.41) is 4.31. The second kappa shape index (κ2) is 7.51. The molecule has 0 aromatic heterocycles. The Morgan fingerprint density at radius 1 is 1.10 bits per heavy atom. The summed E-state index contributed by atoms with van der Waals surface area (Å²) in [4.78, 5) is 0. The fourth-order valence-electron chi connectivity index (χ4n) is 3.24. The number of halogens is 1. The Morgan fingerprint density at radius 2 is 1.90 bits per heavy atom. The van der Waals surface area contributed by atoms with Crippen LogP contribution in [0.25, 0.3) is 0 Å². The van der Waals surface area contributed by atoms with E-state index in [4.69, 9.17) is 16.3 Å². The molecular weight excluding hydrogens is 282 g/mol. The van der Waals surface area contributed by atoms with Crippen LogP contribution in [0.15, 0.2) is 18.2 Å². The standard InChI is InChI=1S/C18H26ClNO/c19-16-8-9-18(21-11-10-20-13-14-6-7-14)17(12-16)15-4-2-1-3-5-15/h8-9,12,14-15,20H,1-7,10-11,13H2. The maximum absolute atomic E-state index is 6.19. The van der Waals surface area contributed by atoms with E-state index in [-0.39, 0.29) is 0 Å². The molecule has 1 aromatic carbocycles. The number of hydrogen-bond donors (Lipinski definition) is 1. The molecule has 0 atom stereocenters. The van der Waals surface area contributed by atoms with E-state index in [1.807, 2.05) is 12.1 Å². The summed E-state index contributed by atoms with van der Waals surface area (Å²) < 4.78 is 6.03. The van der Waals surface area contributed by atoms with E-state index in [0.717, 1.165) is 36.4 Å². The molecule has 0 unspecified atom stereocenters. The molecular formula is C18H26ClNO. The molecule has 3 heteroatoms. The minimum Gasteiger partial charge on any atom is -0.492 e. The first-order valence-electron chi connectivity index (χ1n) is 8.46. The van der Waals surface area contributed by atoms with Crippen molar-refractivity contribution in [2.75, 3.05) is 19.7 Å². The zero-order chi connectivity index (χ0) is 14.5. The van der Waals surface area contributed by atoms with E-state index in [1.165, 1.54) is 50.5 Å². The van der Waals surface area contributed by atoms with E-state index in [2.05, 4.69) is 11.4 Å². The fourth-order valence-corrected chi connectivity index (χ4v) is 3.43. The Morgan fingerprint density at radius 3 is 2.67 bits per heavy atom. The summed E-state index contributed by atoms with van der Waals surface area (Å²) in [5.41, 5.74) is 1.32. The van der Waals surface area contributed by atoms with Crippen molar-refractivity contribution in [3.05, 3.63) is 28.8 Å². The van der Waals surface area contributed by atoms with Crippen LogP contribution in [0, 0.1) is 5.92 Å². The van der Waals surface area contributed by atoms with Crippen molar-refractivity contribution in [1.29, 1.82) is 0 Å². The van der Waals surface area contributed by atoms with Crippen LogP contribution in [-0.4, -0.2) is 19.7 Å². The first kappa shape index (κ1) is 15.2. The average Bonchev–Trinajstić information content (AvgIpc) is 3.33. The molecule has 2 saturated carbocycles. The van der Waals surface area contributed by atoms with Gasteiger partial charge in [-0.25, -0.2) is 0 Å². The van der Waals surface area contributed by atoms with Gasteiger partial charge in [-0.1, -0.05) is 30.9 Å². The molecule has 2 fully saturated rings. The second-order valence-electron chi connectivity index (χ2n) is 6.51. The zero-order valence-electron chi connectivity index (χ0n) is 12.7. The maximum Gasteiger partial charge on any atom is 0.122 e. The van der Waals surface area contributed by atoms with Gasteiger partial charge in [0.05, 0.1) is 0 Å². The zero-order valence-corrected chi connectivity index (χ0v) is 13.5. The molecule has 1 N–H and O–H groups in total. The van der Waals surface area contributed by atoms with E-state index in [0.29, 0.717) is 5.92 Å². The Labute approximate surface area is 133 Å². The topological polar surface area (TPSA) is 21.3 Å². The van der Waals surface area contributed by atoms with Crippen LogP contribution in [0.4, 0.5) is 0 Å². The van der Waals surface area contributed by atoms with Gasteiger partial charge >= 0.3 is 0 Å². The minimum atomic E-state index is 0.631. The second-order valence-corrected chi connectivity index (χ2v) is 6.95. The van der Waals surface area contributed by atoms with Crippen molar-refractivity contribution in [3.8, 4) is 5.75 Å². The van der Waals surface area contributed by atoms with E-state index >= 15 is 0 Å². The van der Waals surface area contributed by atoms with Crippen LogP contribution in [0.2, 0.25) is 5.02 Å². The predicted molar refractivity (Wildman–Crippen MR) is 88.4 cm³/mol. The lowest BCUT2D eigenvalue weighted by Gasteiger charge is -2.24. The van der Waals surface area contributed by atoms with Crippen LogP contribution in [0.5, 0.6) is 5.75 Å². The Hall–Kier alpha value is -0.730. The maximum atomic E-state index is 6.19. The van der Waals surface area contributed by atoms with Crippen LogP contribution >= 0.6 is 11.6 Å². The number of benzene rings is 1. The highest BCUT2D eigenvalue weighted by Crippen LogP contribution is 2.38. The van der Waals surface area contributed by atoms with Crippen LogP contribution in [0.1, 0.15) is 56.4 Å². The van der Waals surface area contributed by atoms with Crippen LogP contribution in [0.3, 0.4) is 0 Å². The third-order valence-electron chi connectivity index (χ3n) is 4.68. The predicted octanol–water partition coefficient (Wildman–Crippen LogP) is 4.77. The van der Waals surface area contributed by atoms with Crippen molar-refractivity contribution in [3.63, 3.8) is 0 Å². The first-order chi connectivity index (χ1) is 10.3. The monoisotopic (exact) mass is 307 g/mol. The van der Waals surface area contributed by atoms with Gasteiger partial charge in [0, 0.05) is 11.6 Å². The normalized spacial score (nSPS) is 19.7. The highest BCUT2D eigenvalue weighted by Gasteiger charge is 2.21. The van der Waals surface area contributed by atoms with Gasteiger partial charge < -0.3 is 10.1 Å². The summed E-state index contributed by atoms with van der Waals surface area (Å²) in [6.45, 7) is 2.83. The largest absolute Gasteiger partial charge is 0.492 e. The molecule has 0 radical (unpaired) electrons. The Balaban J connectivity index is 1.54. The molecule has 21 heavy (non-hydrogen) atoms. The first-order valence-corrected chi connectivity index (χ1v) is 8.83. The van der Waals surface area contributed by atoms with Gasteiger partial charge in [-0.3, -0.25) is 0 Å². The quantitative estimate of drug-likeness (QED) is 0.733. The molecule has 1 aromatic rings. The molecule has 116 valence electrons. The highest BCUT2D eigenvalue weighted by atomic mass is 35.5. The third-order valence-corrected chi connectivity index (χ3v) is 4.92. The minimum absolute atomic E-state index is 0.631. The summed E-state index contributed by atoms with van der Waals surface area (Å²) in [5.74, 6) is 2.60. The van der Waals surface area contributed by atoms with Gasteiger partial charge in [-0.2, -0.15) is 0 Å². The van der Waals surface area contributed by atoms with Gasteiger partial charge in [0.1, 0.15) is 12.4 Å². The molecule has 0 saturated heterocycles. The van der Waals surface area contributed by atoms with Crippen molar-refractivity contribution in [1.82, 2.24) is 5.32 Å². The molecule has 0 aliphatic heterocycles. The molecule has 0 bridgehead atoms. The van der Waals surface area contributed by atoms with Gasteiger partial charge in [0.15, 0.2) is 0 Å².